The van der Waals surface area contributed by atoms with Gasteiger partial charge in [0.05, 0.1) is 10.9 Å². The van der Waals surface area contributed by atoms with Crippen LogP contribution in [0.2, 0.25) is 0 Å². The van der Waals surface area contributed by atoms with E-state index in [1.165, 1.54) is 24.2 Å². The van der Waals surface area contributed by atoms with Gasteiger partial charge in [-0.1, -0.05) is 23.9 Å². The van der Waals surface area contributed by atoms with E-state index in [0.717, 1.165) is 0 Å². The normalized spacial score (nSPS) is 13.0. The summed E-state index contributed by atoms with van der Waals surface area (Å²) in [5.41, 5.74) is 0.0592. The molecule has 2 aromatic rings. The first-order chi connectivity index (χ1) is 10.3. The lowest BCUT2D eigenvalue weighted by Gasteiger charge is -2.22. The number of hydrogen-bond donors (Lipinski definition) is 1. The molecule has 1 aromatic heterocycles. The minimum Gasteiger partial charge on any atom is -0.351 e. The number of carbonyl (C=O) groups excluding carboxylic acids is 1. The Kier molecular flexibility index (Phi) is 4.85. The molecule has 118 valence electrons. The van der Waals surface area contributed by atoms with Crippen molar-refractivity contribution < 1.29 is 9.18 Å². The van der Waals surface area contributed by atoms with Gasteiger partial charge in [-0.3, -0.25) is 9.36 Å². The van der Waals surface area contributed by atoms with Crippen LogP contribution in [0.25, 0.3) is 5.69 Å². The molecule has 0 aliphatic carbocycles. The second kappa shape index (κ2) is 6.48. The highest BCUT2D eigenvalue weighted by Gasteiger charge is 2.22. The summed E-state index contributed by atoms with van der Waals surface area (Å²) in [6.07, 6.45) is 1.44. The molecule has 1 amide bonds. The lowest BCUT2D eigenvalue weighted by Crippen LogP contribution is -2.44. The predicted molar refractivity (Wildman–Crippen MR) is 84.5 cm³/mol. The molecule has 22 heavy (non-hydrogen) atoms. The zero-order valence-electron chi connectivity index (χ0n) is 13.0. The number of hydrogen-bond acceptors (Lipinski definition) is 4. The van der Waals surface area contributed by atoms with E-state index in [1.54, 1.807) is 29.7 Å². The van der Waals surface area contributed by atoms with Crippen LogP contribution in [0.5, 0.6) is 0 Å². The quantitative estimate of drug-likeness (QED) is 0.879. The van der Waals surface area contributed by atoms with Gasteiger partial charge < -0.3 is 5.32 Å². The molecular formula is C15H19FN4OS. The van der Waals surface area contributed by atoms with Gasteiger partial charge in [-0.25, -0.2) is 4.39 Å². The van der Waals surface area contributed by atoms with Crippen LogP contribution in [0.15, 0.2) is 35.7 Å². The minimum absolute atomic E-state index is 0.0967. The number of thioether (sulfide) groups is 1. The van der Waals surface area contributed by atoms with Gasteiger partial charge in [0, 0.05) is 5.54 Å². The maximum absolute atomic E-state index is 13.9. The van der Waals surface area contributed by atoms with Gasteiger partial charge >= 0.3 is 0 Å². The fourth-order valence-electron chi connectivity index (χ4n) is 1.80. The number of nitrogens with one attached hydrogen (secondary N) is 1. The standard InChI is InChI=1S/C15H19FN4OS/c1-10(13(21)18-15(2,3)4)22-14-19-17-9-20(14)12-8-6-5-7-11(12)16/h5-10H,1-4H3,(H,18,21). The SMILES string of the molecule is CC(Sc1nncn1-c1ccccc1F)C(=O)NC(C)(C)C. The number of benzene rings is 1. The number of aromatic nitrogens is 3. The van der Waals surface area contributed by atoms with Crippen LogP contribution in [0.4, 0.5) is 4.39 Å². The van der Waals surface area contributed by atoms with Crippen molar-refractivity contribution in [1.82, 2.24) is 20.1 Å². The first-order valence-electron chi connectivity index (χ1n) is 6.91. The van der Waals surface area contributed by atoms with E-state index >= 15 is 0 Å². The third-order valence-electron chi connectivity index (χ3n) is 2.78. The van der Waals surface area contributed by atoms with Gasteiger partial charge in [-0.15, -0.1) is 10.2 Å². The maximum atomic E-state index is 13.9. The van der Waals surface area contributed by atoms with Crippen molar-refractivity contribution in [2.24, 2.45) is 0 Å². The molecule has 7 heteroatoms. The van der Waals surface area contributed by atoms with Crippen molar-refractivity contribution in [2.45, 2.75) is 43.6 Å². The van der Waals surface area contributed by atoms with E-state index < -0.39 is 0 Å². The Morgan fingerprint density at radius 1 is 1.36 bits per heavy atom. The van der Waals surface area contributed by atoms with Crippen molar-refractivity contribution in [2.75, 3.05) is 0 Å². The minimum atomic E-state index is -0.367. The number of halogens is 1. The van der Waals surface area contributed by atoms with Crippen LogP contribution in [-0.2, 0) is 4.79 Å². The summed E-state index contributed by atoms with van der Waals surface area (Å²) in [6, 6.07) is 6.38. The number of nitrogens with zero attached hydrogens (tertiary/aromatic N) is 3. The molecular weight excluding hydrogens is 303 g/mol. The molecule has 0 saturated heterocycles. The molecule has 0 bridgehead atoms. The molecule has 1 heterocycles. The number of para-hydroxylation sites is 1. The van der Waals surface area contributed by atoms with E-state index in [4.69, 9.17) is 0 Å². The summed E-state index contributed by atoms with van der Waals surface area (Å²) in [7, 11) is 0. The average molecular weight is 322 g/mol. The highest BCUT2D eigenvalue weighted by Crippen LogP contribution is 2.25. The zero-order chi connectivity index (χ0) is 16.3. The van der Waals surface area contributed by atoms with Gasteiger partial charge in [-0.2, -0.15) is 0 Å². The van der Waals surface area contributed by atoms with Crippen LogP contribution in [0.3, 0.4) is 0 Å². The van der Waals surface area contributed by atoms with Crippen LogP contribution in [0.1, 0.15) is 27.7 Å². The predicted octanol–water partition coefficient (Wildman–Crippen LogP) is 2.80. The molecule has 1 N–H and O–H groups in total. The molecule has 0 radical (unpaired) electrons. The smallest absolute Gasteiger partial charge is 0.233 e. The van der Waals surface area contributed by atoms with Crippen LogP contribution in [0, 0.1) is 5.82 Å². The largest absolute Gasteiger partial charge is 0.351 e. The fourth-order valence-corrected chi connectivity index (χ4v) is 2.64. The zero-order valence-corrected chi connectivity index (χ0v) is 13.8. The topological polar surface area (TPSA) is 59.8 Å². The Labute approximate surface area is 133 Å². The lowest BCUT2D eigenvalue weighted by atomic mass is 10.1. The van der Waals surface area contributed by atoms with Crippen molar-refractivity contribution in [3.63, 3.8) is 0 Å². The van der Waals surface area contributed by atoms with Gasteiger partial charge in [0.2, 0.25) is 5.91 Å². The van der Waals surface area contributed by atoms with E-state index in [0.29, 0.717) is 10.8 Å². The molecule has 1 unspecified atom stereocenters. The summed E-state index contributed by atoms with van der Waals surface area (Å²) in [4.78, 5) is 12.1. The van der Waals surface area contributed by atoms with Gasteiger partial charge in [0.1, 0.15) is 12.1 Å². The summed E-state index contributed by atoms with van der Waals surface area (Å²) >= 11 is 1.24. The average Bonchev–Trinajstić information content (AvgIpc) is 2.85. The molecule has 1 aromatic carbocycles. The van der Waals surface area contributed by atoms with Crippen LogP contribution in [-0.4, -0.2) is 31.5 Å². The monoisotopic (exact) mass is 322 g/mol. The fraction of sp³-hybridized carbons (Fsp3) is 0.400. The summed E-state index contributed by atoms with van der Waals surface area (Å²) in [5, 5.41) is 10.8. The Balaban J connectivity index is 2.17. The third kappa shape index (κ3) is 4.07. The molecule has 2 rings (SSSR count). The third-order valence-corrected chi connectivity index (χ3v) is 3.83. The van der Waals surface area contributed by atoms with E-state index in [2.05, 4.69) is 15.5 Å². The Morgan fingerprint density at radius 3 is 2.68 bits per heavy atom. The van der Waals surface area contributed by atoms with E-state index in [-0.39, 0.29) is 22.5 Å². The Bertz CT molecular complexity index is 666. The van der Waals surface area contributed by atoms with Crippen LogP contribution < -0.4 is 5.32 Å². The number of carbonyl (C=O) groups is 1. The summed E-state index contributed by atoms with van der Waals surface area (Å²) in [6.45, 7) is 7.55. The molecule has 0 aliphatic heterocycles. The molecule has 5 nitrogen and oxygen atoms in total. The Morgan fingerprint density at radius 2 is 2.05 bits per heavy atom. The summed E-state index contributed by atoms with van der Waals surface area (Å²) < 4.78 is 15.4. The highest BCUT2D eigenvalue weighted by atomic mass is 32.2. The second-order valence-electron chi connectivity index (χ2n) is 5.93. The van der Waals surface area contributed by atoms with Crippen molar-refractivity contribution in [1.29, 1.82) is 0 Å². The molecule has 0 saturated carbocycles. The lowest BCUT2D eigenvalue weighted by molar-refractivity contribution is -0.121. The first kappa shape index (κ1) is 16.5. The Hall–Kier alpha value is -1.89. The number of amides is 1. The van der Waals surface area contributed by atoms with Crippen molar-refractivity contribution in [3.8, 4) is 5.69 Å². The van der Waals surface area contributed by atoms with Crippen molar-refractivity contribution >= 4 is 17.7 Å². The molecule has 1 atom stereocenters. The molecule has 0 spiro atoms. The maximum Gasteiger partial charge on any atom is 0.233 e. The second-order valence-corrected chi connectivity index (χ2v) is 7.24. The van der Waals surface area contributed by atoms with Gasteiger partial charge in [0.25, 0.3) is 0 Å². The highest BCUT2D eigenvalue weighted by molar-refractivity contribution is 8.00. The summed E-state index contributed by atoms with van der Waals surface area (Å²) in [5.74, 6) is -0.462. The van der Waals surface area contributed by atoms with Crippen LogP contribution >= 0.6 is 11.8 Å². The molecule has 0 fully saturated rings. The number of rotatable bonds is 4. The molecule has 0 aliphatic rings. The van der Waals surface area contributed by atoms with Crippen molar-refractivity contribution in [3.05, 3.63) is 36.4 Å². The van der Waals surface area contributed by atoms with Gasteiger partial charge in [-0.05, 0) is 39.8 Å². The van der Waals surface area contributed by atoms with E-state index in [1.807, 2.05) is 20.8 Å². The van der Waals surface area contributed by atoms with Gasteiger partial charge in [0.15, 0.2) is 5.16 Å². The first-order valence-corrected chi connectivity index (χ1v) is 7.79. The van der Waals surface area contributed by atoms with E-state index in [9.17, 15) is 9.18 Å².